The van der Waals surface area contributed by atoms with Gasteiger partial charge in [0.05, 0.1) is 5.56 Å². The van der Waals surface area contributed by atoms with E-state index in [1.807, 2.05) is 0 Å². The molecule has 0 unspecified atom stereocenters. The number of carbonyl (C=O) groups excluding carboxylic acids is 3. The first-order valence-corrected chi connectivity index (χ1v) is 8.22. The maximum atomic E-state index is 13.8. The summed E-state index contributed by atoms with van der Waals surface area (Å²) in [6.07, 6.45) is 0.536. The molecule has 2 aliphatic rings. The third-order valence-corrected chi connectivity index (χ3v) is 4.40. The molecule has 3 amide bonds. The molecule has 0 aromatic heterocycles. The van der Waals surface area contributed by atoms with Gasteiger partial charge in [0, 0.05) is 44.0 Å². The van der Waals surface area contributed by atoms with Crippen molar-refractivity contribution in [3.05, 3.63) is 34.6 Å². The Hall–Kier alpha value is -2.48. The molecule has 2 aliphatic heterocycles. The quantitative estimate of drug-likeness (QED) is 0.848. The van der Waals surface area contributed by atoms with E-state index >= 15 is 0 Å². The third-order valence-electron chi connectivity index (χ3n) is 4.16. The average molecular weight is 367 g/mol. The zero-order valence-electron chi connectivity index (χ0n) is 13.3. The number of carbonyl (C=O) groups is 3. The molecule has 1 fully saturated rings. The van der Waals surface area contributed by atoms with Crippen LogP contribution in [-0.2, 0) is 9.59 Å². The number of hydrogen-bond donors (Lipinski definition) is 1. The molecule has 0 aliphatic carbocycles. The Bertz CT molecular complexity index is 760. The molecule has 1 saturated heterocycles. The van der Waals surface area contributed by atoms with Crippen molar-refractivity contribution < 1.29 is 18.8 Å². The lowest BCUT2D eigenvalue weighted by atomic mass is 10.1. The van der Waals surface area contributed by atoms with Gasteiger partial charge in [0.25, 0.3) is 11.8 Å². The lowest BCUT2D eigenvalue weighted by Crippen LogP contribution is -2.52. The zero-order valence-corrected chi connectivity index (χ0v) is 14.1. The summed E-state index contributed by atoms with van der Waals surface area (Å²) in [4.78, 5) is 39.0. The molecule has 7 nitrogen and oxygen atoms in total. The van der Waals surface area contributed by atoms with Gasteiger partial charge in [-0.25, -0.2) is 9.82 Å². The number of amides is 3. The highest BCUT2D eigenvalue weighted by Gasteiger charge is 2.29. The Balaban J connectivity index is 1.62. The summed E-state index contributed by atoms with van der Waals surface area (Å²) in [6.45, 7) is 1.21. The summed E-state index contributed by atoms with van der Waals surface area (Å²) >= 11 is 5.83. The van der Waals surface area contributed by atoms with Crippen molar-refractivity contribution in [3.63, 3.8) is 0 Å². The van der Waals surface area contributed by atoms with E-state index < -0.39 is 11.7 Å². The van der Waals surface area contributed by atoms with Gasteiger partial charge in [-0.1, -0.05) is 11.6 Å². The number of halogens is 2. The van der Waals surface area contributed by atoms with Crippen LogP contribution >= 0.6 is 11.6 Å². The molecule has 0 atom stereocenters. The maximum absolute atomic E-state index is 13.8. The molecule has 2 heterocycles. The highest BCUT2D eigenvalue weighted by Crippen LogP contribution is 2.18. The second-order valence-electron chi connectivity index (χ2n) is 5.80. The van der Waals surface area contributed by atoms with Crippen LogP contribution in [0.4, 0.5) is 4.39 Å². The first kappa shape index (κ1) is 17.3. The molecule has 132 valence electrons. The summed E-state index contributed by atoms with van der Waals surface area (Å²) in [7, 11) is 0. The Labute approximate surface area is 148 Å². The molecule has 25 heavy (non-hydrogen) atoms. The van der Waals surface area contributed by atoms with Crippen molar-refractivity contribution in [2.24, 2.45) is 5.10 Å². The standard InChI is InChI=1S/C16H16ClFN4O3/c17-10-1-2-12(18)11(9-10)15(24)21-5-7-22(8-6-21)16(25)13-3-4-14(23)20-19-13/h1-2,9H,3-8H2,(H,20,23). The minimum Gasteiger partial charge on any atom is -0.335 e. The zero-order chi connectivity index (χ0) is 18.0. The molecule has 1 N–H and O–H groups in total. The minimum absolute atomic E-state index is 0.0772. The van der Waals surface area contributed by atoms with E-state index in [2.05, 4.69) is 10.5 Å². The Kier molecular flexibility index (Phi) is 4.98. The van der Waals surface area contributed by atoms with Crippen molar-refractivity contribution in [3.8, 4) is 0 Å². The van der Waals surface area contributed by atoms with Gasteiger partial charge in [-0.15, -0.1) is 0 Å². The fourth-order valence-electron chi connectivity index (χ4n) is 2.76. The summed E-state index contributed by atoms with van der Waals surface area (Å²) < 4.78 is 13.8. The van der Waals surface area contributed by atoms with E-state index in [1.165, 1.54) is 17.0 Å². The first-order chi connectivity index (χ1) is 12.0. The van der Waals surface area contributed by atoms with Crippen LogP contribution in [0.3, 0.4) is 0 Å². The van der Waals surface area contributed by atoms with E-state index in [0.717, 1.165) is 6.07 Å². The van der Waals surface area contributed by atoms with E-state index in [0.29, 0.717) is 25.2 Å². The van der Waals surface area contributed by atoms with Crippen LogP contribution in [-0.4, -0.2) is 59.4 Å². The monoisotopic (exact) mass is 366 g/mol. The second-order valence-corrected chi connectivity index (χ2v) is 6.24. The van der Waals surface area contributed by atoms with Crippen molar-refractivity contribution >= 4 is 35.0 Å². The average Bonchev–Trinajstić information content (AvgIpc) is 2.63. The predicted molar refractivity (Wildman–Crippen MR) is 88.7 cm³/mol. The number of nitrogens with one attached hydrogen (secondary N) is 1. The van der Waals surface area contributed by atoms with Crippen molar-refractivity contribution in [1.29, 1.82) is 0 Å². The van der Waals surface area contributed by atoms with Crippen LogP contribution in [0.25, 0.3) is 0 Å². The van der Waals surface area contributed by atoms with Gasteiger partial charge in [0.2, 0.25) is 5.91 Å². The van der Waals surface area contributed by atoms with Crippen LogP contribution < -0.4 is 5.43 Å². The van der Waals surface area contributed by atoms with Gasteiger partial charge in [-0.2, -0.15) is 5.10 Å². The third kappa shape index (κ3) is 3.79. The Morgan fingerprint density at radius 3 is 2.32 bits per heavy atom. The topological polar surface area (TPSA) is 82.1 Å². The molecule has 3 rings (SSSR count). The SMILES string of the molecule is O=C1CCC(C(=O)N2CCN(C(=O)c3cc(Cl)ccc3F)CC2)=NN1. The van der Waals surface area contributed by atoms with E-state index in [-0.39, 0.29) is 41.9 Å². The first-order valence-electron chi connectivity index (χ1n) is 7.84. The van der Waals surface area contributed by atoms with E-state index in [4.69, 9.17) is 11.6 Å². The lowest BCUT2D eigenvalue weighted by molar-refractivity contribution is -0.126. The van der Waals surface area contributed by atoms with Gasteiger partial charge in [0.1, 0.15) is 11.5 Å². The number of hydrogen-bond acceptors (Lipinski definition) is 4. The van der Waals surface area contributed by atoms with Gasteiger partial charge in [-0.3, -0.25) is 14.4 Å². The molecule has 9 heteroatoms. The lowest BCUT2D eigenvalue weighted by Gasteiger charge is -2.35. The molecule has 0 saturated carbocycles. The van der Waals surface area contributed by atoms with Crippen molar-refractivity contribution in [1.82, 2.24) is 15.2 Å². The smallest absolute Gasteiger partial charge is 0.270 e. The summed E-state index contributed by atoms with van der Waals surface area (Å²) in [5.41, 5.74) is 2.52. The Morgan fingerprint density at radius 2 is 1.72 bits per heavy atom. The van der Waals surface area contributed by atoms with Gasteiger partial charge in [-0.05, 0) is 18.2 Å². The van der Waals surface area contributed by atoms with Crippen LogP contribution in [0.5, 0.6) is 0 Å². The fraction of sp³-hybridized carbons (Fsp3) is 0.375. The molecular weight excluding hydrogens is 351 g/mol. The number of nitrogens with zero attached hydrogens (tertiary/aromatic N) is 3. The van der Waals surface area contributed by atoms with E-state index in [1.54, 1.807) is 4.90 Å². The number of benzene rings is 1. The van der Waals surface area contributed by atoms with Gasteiger partial charge >= 0.3 is 0 Å². The van der Waals surface area contributed by atoms with Crippen LogP contribution in [0.2, 0.25) is 5.02 Å². The molecule has 1 aromatic carbocycles. The van der Waals surface area contributed by atoms with Gasteiger partial charge < -0.3 is 9.80 Å². The summed E-state index contributed by atoms with van der Waals surface area (Å²) in [6, 6.07) is 3.84. The van der Waals surface area contributed by atoms with Crippen LogP contribution in [0, 0.1) is 5.82 Å². The fourth-order valence-corrected chi connectivity index (χ4v) is 2.93. The molecule has 0 radical (unpaired) electrons. The van der Waals surface area contributed by atoms with Crippen molar-refractivity contribution in [2.45, 2.75) is 12.8 Å². The number of rotatable bonds is 2. The van der Waals surface area contributed by atoms with E-state index in [9.17, 15) is 18.8 Å². The highest BCUT2D eigenvalue weighted by atomic mass is 35.5. The van der Waals surface area contributed by atoms with Crippen molar-refractivity contribution in [2.75, 3.05) is 26.2 Å². The largest absolute Gasteiger partial charge is 0.335 e. The van der Waals surface area contributed by atoms with Crippen LogP contribution in [0.1, 0.15) is 23.2 Å². The highest BCUT2D eigenvalue weighted by molar-refractivity contribution is 6.39. The molecule has 0 spiro atoms. The minimum atomic E-state index is -0.625. The normalized spacial score (nSPS) is 17.8. The second kappa shape index (κ2) is 7.18. The molecule has 0 bridgehead atoms. The molecular formula is C16H16ClFN4O3. The maximum Gasteiger partial charge on any atom is 0.270 e. The molecule has 1 aromatic rings. The summed E-state index contributed by atoms with van der Waals surface area (Å²) in [5, 5.41) is 4.08. The number of hydrazone groups is 1. The van der Waals surface area contributed by atoms with Gasteiger partial charge in [0.15, 0.2) is 0 Å². The Morgan fingerprint density at radius 1 is 1.08 bits per heavy atom. The predicted octanol–water partition coefficient (Wildman–Crippen LogP) is 1.03. The number of piperazine rings is 1. The van der Waals surface area contributed by atoms with Crippen LogP contribution in [0.15, 0.2) is 23.3 Å². The summed E-state index contributed by atoms with van der Waals surface area (Å²) in [5.74, 6) is -1.54.